The molecule has 0 radical (unpaired) electrons. The van der Waals surface area contributed by atoms with Crippen molar-refractivity contribution >= 4 is 45.9 Å². The quantitative estimate of drug-likeness (QED) is 0.269. The molecule has 4 nitrogen and oxygen atoms in total. The topological polar surface area (TPSA) is 54.6 Å². The number of pyridine rings is 1. The maximum absolute atomic E-state index is 13.3. The molecule has 34 heavy (non-hydrogen) atoms. The number of aliphatic imine (C=N–C) groups is 1. The van der Waals surface area contributed by atoms with Crippen molar-refractivity contribution in [3.8, 4) is 22.7 Å². The van der Waals surface area contributed by atoms with Crippen LogP contribution >= 0.6 is 23.2 Å². The minimum absolute atomic E-state index is 0.201. The van der Waals surface area contributed by atoms with Crippen molar-refractivity contribution in [1.82, 2.24) is 4.57 Å². The van der Waals surface area contributed by atoms with Crippen molar-refractivity contribution in [3.63, 3.8) is 0 Å². The first-order valence-corrected chi connectivity index (χ1v) is 11.3. The molecule has 0 saturated carbocycles. The third-order valence-electron chi connectivity index (χ3n) is 5.53. The molecule has 5 rings (SSSR count). The Balaban J connectivity index is 1.66. The lowest BCUT2D eigenvalue weighted by atomic mass is 10.0. The Morgan fingerprint density at radius 2 is 1.32 bits per heavy atom. The molecule has 4 aromatic carbocycles. The molecule has 0 fully saturated rings. The fraction of sp³-hybridized carbons (Fsp3) is 0. The Morgan fingerprint density at radius 1 is 0.735 bits per heavy atom. The molecule has 166 valence electrons. The van der Waals surface area contributed by atoms with Crippen LogP contribution < -0.4 is 5.56 Å². The van der Waals surface area contributed by atoms with Gasteiger partial charge in [-0.3, -0.25) is 9.79 Å². The predicted octanol–water partition coefficient (Wildman–Crippen LogP) is 7.42. The zero-order valence-corrected chi connectivity index (χ0v) is 19.3. The summed E-state index contributed by atoms with van der Waals surface area (Å²) in [6.45, 7) is 0. The van der Waals surface area contributed by atoms with E-state index in [4.69, 9.17) is 23.2 Å². The van der Waals surface area contributed by atoms with Crippen molar-refractivity contribution in [2.45, 2.75) is 0 Å². The summed E-state index contributed by atoms with van der Waals surface area (Å²) in [6, 6.07) is 29.5. The van der Waals surface area contributed by atoms with Gasteiger partial charge in [-0.05, 0) is 47.5 Å². The summed E-state index contributed by atoms with van der Waals surface area (Å²) >= 11 is 12.2. The van der Waals surface area contributed by atoms with Crippen molar-refractivity contribution in [1.29, 1.82) is 0 Å². The molecular weight excluding hydrogens is 467 g/mol. The minimum Gasteiger partial charge on any atom is -0.494 e. The first-order valence-electron chi connectivity index (χ1n) is 10.5. The number of aromatic nitrogens is 1. The number of hydrogen-bond acceptors (Lipinski definition) is 3. The smallest absolute Gasteiger partial charge is 0.265 e. The minimum atomic E-state index is -0.316. The van der Waals surface area contributed by atoms with E-state index in [9.17, 15) is 9.90 Å². The molecule has 0 aliphatic rings. The maximum atomic E-state index is 13.3. The summed E-state index contributed by atoms with van der Waals surface area (Å²) in [4.78, 5) is 17.8. The van der Waals surface area contributed by atoms with E-state index >= 15 is 0 Å². The van der Waals surface area contributed by atoms with E-state index in [1.54, 1.807) is 36.4 Å². The van der Waals surface area contributed by atoms with Crippen LogP contribution in [0.25, 0.3) is 27.6 Å². The average molecular weight is 485 g/mol. The number of rotatable bonds is 4. The lowest BCUT2D eigenvalue weighted by molar-refractivity contribution is 0.436. The van der Waals surface area contributed by atoms with Gasteiger partial charge in [-0.2, -0.15) is 0 Å². The highest BCUT2D eigenvalue weighted by molar-refractivity contribution is 6.35. The fourth-order valence-corrected chi connectivity index (χ4v) is 4.43. The van der Waals surface area contributed by atoms with Crippen LogP contribution in [-0.4, -0.2) is 15.9 Å². The number of aromatic hydroxyl groups is 1. The average Bonchev–Trinajstić information content (AvgIpc) is 2.84. The van der Waals surface area contributed by atoms with Crippen molar-refractivity contribution in [2.75, 3.05) is 0 Å². The van der Waals surface area contributed by atoms with Gasteiger partial charge in [0.2, 0.25) is 5.88 Å². The van der Waals surface area contributed by atoms with Gasteiger partial charge in [-0.15, -0.1) is 0 Å². The highest BCUT2D eigenvalue weighted by Gasteiger charge is 2.16. The first kappa shape index (κ1) is 22.0. The van der Waals surface area contributed by atoms with Gasteiger partial charge in [0, 0.05) is 27.0 Å². The van der Waals surface area contributed by atoms with Crippen molar-refractivity contribution in [2.24, 2.45) is 4.99 Å². The number of hydrogen-bond donors (Lipinski definition) is 1. The standard InChI is InChI=1S/C28H18Cl2N2O2/c29-20-14-21(30)16-22(15-20)31-17-26-24-8-4-5-9-25(24)27(33)32(28(26)34)23-12-10-19(11-13-23)18-6-2-1-3-7-18/h1-17,34H. The molecule has 1 heterocycles. The normalized spacial score (nSPS) is 11.4. The first-order chi connectivity index (χ1) is 16.5. The van der Waals surface area contributed by atoms with Crippen LogP contribution in [0.4, 0.5) is 5.69 Å². The molecule has 5 aromatic rings. The third kappa shape index (κ3) is 4.21. The van der Waals surface area contributed by atoms with Gasteiger partial charge in [0.1, 0.15) is 0 Å². The van der Waals surface area contributed by atoms with E-state index in [1.807, 2.05) is 60.7 Å². The van der Waals surface area contributed by atoms with E-state index in [0.29, 0.717) is 37.8 Å². The molecular formula is C28H18Cl2N2O2. The van der Waals surface area contributed by atoms with Gasteiger partial charge >= 0.3 is 0 Å². The molecule has 0 saturated heterocycles. The summed E-state index contributed by atoms with van der Waals surface area (Å²) in [7, 11) is 0. The van der Waals surface area contributed by atoms with Gasteiger partial charge < -0.3 is 5.11 Å². The van der Waals surface area contributed by atoms with Gasteiger partial charge in [0.25, 0.3) is 5.56 Å². The molecule has 0 spiro atoms. The van der Waals surface area contributed by atoms with E-state index in [0.717, 1.165) is 11.1 Å². The van der Waals surface area contributed by atoms with Crippen LogP contribution in [0.15, 0.2) is 107 Å². The number of fused-ring (bicyclic) bond motifs is 1. The van der Waals surface area contributed by atoms with Crippen LogP contribution in [0.1, 0.15) is 5.56 Å². The Kier molecular flexibility index (Phi) is 5.93. The summed E-state index contributed by atoms with van der Waals surface area (Å²) in [5.41, 5.74) is 3.26. The van der Waals surface area contributed by atoms with Crippen LogP contribution in [-0.2, 0) is 0 Å². The van der Waals surface area contributed by atoms with Crippen molar-refractivity contribution in [3.05, 3.63) is 123 Å². The highest BCUT2D eigenvalue weighted by atomic mass is 35.5. The largest absolute Gasteiger partial charge is 0.494 e. The second-order valence-corrected chi connectivity index (χ2v) is 8.60. The molecule has 0 unspecified atom stereocenters. The predicted molar refractivity (Wildman–Crippen MR) is 140 cm³/mol. The van der Waals surface area contributed by atoms with Crippen LogP contribution in [0.3, 0.4) is 0 Å². The molecule has 0 bridgehead atoms. The molecule has 1 N–H and O–H groups in total. The lowest BCUT2D eigenvalue weighted by Gasteiger charge is -2.14. The van der Waals surface area contributed by atoms with E-state index < -0.39 is 0 Å². The van der Waals surface area contributed by atoms with Gasteiger partial charge in [0.05, 0.1) is 16.9 Å². The van der Waals surface area contributed by atoms with E-state index in [2.05, 4.69) is 4.99 Å². The Morgan fingerprint density at radius 3 is 2.00 bits per heavy atom. The lowest BCUT2D eigenvalue weighted by Crippen LogP contribution is -2.20. The molecule has 0 aliphatic carbocycles. The summed E-state index contributed by atoms with van der Waals surface area (Å²) < 4.78 is 1.30. The van der Waals surface area contributed by atoms with E-state index in [-0.39, 0.29) is 11.4 Å². The molecule has 6 heteroatoms. The molecule has 0 aliphatic heterocycles. The van der Waals surface area contributed by atoms with Crippen LogP contribution in [0.5, 0.6) is 5.88 Å². The Bertz CT molecular complexity index is 1570. The second-order valence-electron chi connectivity index (χ2n) is 7.72. The molecule has 0 atom stereocenters. The van der Waals surface area contributed by atoms with Gasteiger partial charge in [-0.1, -0.05) is 83.9 Å². The van der Waals surface area contributed by atoms with E-state index in [1.165, 1.54) is 10.8 Å². The zero-order valence-electron chi connectivity index (χ0n) is 17.8. The van der Waals surface area contributed by atoms with Gasteiger partial charge in [0.15, 0.2) is 0 Å². The highest BCUT2D eigenvalue weighted by Crippen LogP contribution is 2.29. The number of nitrogens with zero attached hydrogens (tertiary/aromatic N) is 2. The molecule has 1 aromatic heterocycles. The second kappa shape index (κ2) is 9.18. The molecule has 0 amide bonds. The zero-order chi connectivity index (χ0) is 23.7. The SMILES string of the molecule is O=c1c2ccccc2c(C=Nc2cc(Cl)cc(Cl)c2)c(O)n1-c1ccc(-c2ccccc2)cc1. The summed E-state index contributed by atoms with van der Waals surface area (Å²) in [5.74, 6) is -0.201. The van der Waals surface area contributed by atoms with Crippen molar-refractivity contribution < 1.29 is 5.11 Å². The summed E-state index contributed by atoms with van der Waals surface area (Å²) in [5, 5.41) is 13.2. The maximum Gasteiger partial charge on any atom is 0.265 e. The summed E-state index contributed by atoms with van der Waals surface area (Å²) in [6.07, 6.45) is 1.52. The number of benzene rings is 4. The third-order valence-corrected chi connectivity index (χ3v) is 5.96. The Hall–Kier alpha value is -3.86. The van der Waals surface area contributed by atoms with Gasteiger partial charge in [-0.25, -0.2) is 4.57 Å². The Labute approximate surface area is 206 Å². The van der Waals surface area contributed by atoms with Crippen LogP contribution in [0, 0.1) is 0 Å². The van der Waals surface area contributed by atoms with Crippen LogP contribution in [0.2, 0.25) is 10.0 Å². The number of halogens is 2. The fourth-order valence-electron chi connectivity index (χ4n) is 3.92. The monoisotopic (exact) mass is 484 g/mol.